The van der Waals surface area contributed by atoms with Gasteiger partial charge in [-0.05, 0) is 25.3 Å². The SMILES string of the molecule is CCC(C)(CC)O[SiH2]C1CCCC1. The zero-order valence-corrected chi connectivity index (χ0v) is 10.8. The van der Waals surface area contributed by atoms with E-state index < -0.39 is 0 Å². The second-order valence-electron chi connectivity index (χ2n) is 4.62. The smallest absolute Gasteiger partial charge is 0.165 e. The lowest BCUT2D eigenvalue weighted by Gasteiger charge is -2.29. The predicted octanol–water partition coefficient (Wildman–Crippen LogP) is 3.03. The lowest BCUT2D eigenvalue weighted by molar-refractivity contribution is 0.0829. The van der Waals surface area contributed by atoms with Gasteiger partial charge in [0.15, 0.2) is 9.76 Å². The van der Waals surface area contributed by atoms with Crippen LogP contribution in [-0.4, -0.2) is 15.4 Å². The van der Waals surface area contributed by atoms with Crippen molar-refractivity contribution in [1.29, 1.82) is 0 Å². The molecule has 78 valence electrons. The molecule has 0 heterocycles. The van der Waals surface area contributed by atoms with Crippen molar-refractivity contribution < 1.29 is 4.43 Å². The second-order valence-corrected chi connectivity index (χ2v) is 6.40. The first-order valence-electron chi connectivity index (χ1n) is 5.84. The minimum Gasteiger partial charge on any atom is -0.419 e. The average molecular weight is 200 g/mol. The Balaban J connectivity index is 2.22. The highest BCUT2D eigenvalue weighted by Crippen LogP contribution is 2.31. The molecule has 0 aromatic heterocycles. The first-order chi connectivity index (χ1) is 6.20. The Morgan fingerprint density at radius 2 is 1.77 bits per heavy atom. The standard InChI is InChI=1S/C11H24OSi/c1-4-11(3,5-2)12-13-10-8-6-7-9-10/h10H,4-9,13H2,1-3H3. The van der Waals surface area contributed by atoms with E-state index in [1.807, 2.05) is 0 Å². The summed E-state index contributed by atoms with van der Waals surface area (Å²) >= 11 is 0. The fourth-order valence-corrected chi connectivity index (χ4v) is 3.91. The van der Waals surface area contributed by atoms with E-state index in [1.165, 1.54) is 38.5 Å². The zero-order valence-electron chi connectivity index (χ0n) is 9.44. The molecule has 1 nitrogen and oxygen atoms in total. The van der Waals surface area contributed by atoms with Crippen molar-refractivity contribution in [3.05, 3.63) is 0 Å². The van der Waals surface area contributed by atoms with Gasteiger partial charge >= 0.3 is 0 Å². The summed E-state index contributed by atoms with van der Waals surface area (Å²) in [5.41, 5.74) is 1.20. The van der Waals surface area contributed by atoms with Gasteiger partial charge < -0.3 is 4.43 Å². The molecule has 0 spiro atoms. The first-order valence-corrected chi connectivity index (χ1v) is 7.23. The lowest BCUT2D eigenvalue weighted by Crippen LogP contribution is -2.29. The van der Waals surface area contributed by atoms with Crippen molar-refractivity contribution >= 4 is 9.76 Å². The van der Waals surface area contributed by atoms with Crippen LogP contribution in [0, 0.1) is 0 Å². The van der Waals surface area contributed by atoms with E-state index in [1.54, 1.807) is 0 Å². The molecule has 0 unspecified atom stereocenters. The molecule has 1 aliphatic rings. The molecule has 1 saturated carbocycles. The molecule has 1 fully saturated rings. The number of hydrogen-bond donors (Lipinski definition) is 0. The Hall–Kier alpha value is 0.177. The molecule has 0 saturated heterocycles. The minimum absolute atomic E-state index is 0.203. The van der Waals surface area contributed by atoms with Gasteiger partial charge in [-0.15, -0.1) is 0 Å². The molecule has 0 aromatic carbocycles. The summed E-state index contributed by atoms with van der Waals surface area (Å²) in [4.78, 5) is 0. The largest absolute Gasteiger partial charge is 0.419 e. The molecule has 0 aromatic rings. The van der Waals surface area contributed by atoms with E-state index in [0.29, 0.717) is 0 Å². The summed E-state index contributed by atoms with van der Waals surface area (Å²) in [7, 11) is -0.238. The van der Waals surface area contributed by atoms with Gasteiger partial charge in [0.2, 0.25) is 0 Å². The van der Waals surface area contributed by atoms with Crippen molar-refractivity contribution in [2.75, 3.05) is 0 Å². The van der Waals surface area contributed by atoms with Crippen LogP contribution in [0.2, 0.25) is 5.54 Å². The molecule has 13 heavy (non-hydrogen) atoms. The zero-order chi connectivity index (χ0) is 9.73. The van der Waals surface area contributed by atoms with Crippen LogP contribution in [0.15, 0.2) is 0 Å². The number of hydrogen-bond acceptors (Lipinski definition) is 1. The fourth-order valence-electron chi connectivity index (χ4n) is 1.95. The van der Waals surface area contributed by atoms with Gasteiger partial charge in [-0.1, -0.05) is 39.5 Å². The van der Waals surface area contributed by atoms with Gasteiger partial charge in [0.05, 0.1) is 5.60 Å². The molecule has 0 aliphatic heterocycles. The van der Waals surface area contributed by atoms with Crippen LogP contribution in [0.25, 0.3) is 0 Å². The highest BCUT2D eigenvalue weighted by atomic mass is 28.2. The van der Waals surface area contributed by atoms with Crippen molar-refractivity contribution in [3.8, 4) is 0 Å². The summed E-state index contributed by atoms with van der Waals surface area (Å²) in [5, 5.41) is 0. The van der Waals surface area contributed by atoms with Gasteiger partial charge in [-0.2, -0.15) is 0 Å². The third-order valence-corrected chi connectivity index (χ3v) is 5.79. The molecule has 0 amide bonds. The Morgan fingerprint density at radius 1 is 1.23 bits per heavy atom. The van der Waals surface area contributed by atoms with Crippen molar-refractivity contribution in [2.45, 2.75) is 70.4 Å². The highest BCUT2D eigenvalue weighted by Gasteiger charge is 2.23. The maximum absolute atomic E-state index is 6.15. The topological polar surface area (TPSA) is 9.23 Å². The van der Waals surface area contributed by atoms with E-state index in [-0.39, 0.29) is 15.4 Å². The molecule has 1 aliphatic carbocycles. The third kappa shape index (κ3) is 3.43. The van der Waals surface area contributed by atoms with Crippen LogP contribution in [0.3, 0.4) is 0 Å². The lowest BCUT2D eigenvalue weighted by atomic mass is 10.0. The molecule has 1 rings (SSSR count). The molecule has 0 atom stereocenters. The van der Waals surface area contributed by atoms with Gasteiger partial charge in [-0.25, -0.2) is 0 Å². The molecule has 0 radical (unpaired) electrons. The van der Waals surface area contributed by atoms with Crippen LogP contribution in [0.4, 0.5) is 0 Å². The quantitative estimate of drug-likeness (QED) is 0.620. The predicted molar refractivity (Wildman–Crippen MR) is 60.8 cm³/mol. The molecule has 0 bridgehead atoms. The Bertz CT molecular complexity index is 137. The van der Waals surface area contributed by atoms with E-state index in [9.17, 15) is 0 Å². The molecule has 2 heteroatoms. The second kappa shape index (κ2) is 5.16. The summed E-state index contributed by atoms with van der Waals surface area (Å²) < 4.78 is 6.15. The molecule has 0 N–H and O–H groups in total. The molecular formula is C11H24OSi. The third-order valence-electron chi connectivity index (χ3n) is 3.64. The van der Waals surface area contributed by atoms with Crippen LogP contribution in [0.5, 0.6) is 0 Å². The van der Waals surface area contributed by atoms with Crippen LogP contribution >= 0.6 is 0 Å². The normalized spacial score (nSPS) is 20.5. The first kappa shape index (κ1) is 11.3. The molecular weight excluding hydrogens is 176 g/mol. The van der Waals surface area contributed by atoms with E-state index in [4.69, 9.17) is 4.43 Å². The van der Waals surface area contributed by atoms with Crippen LogP contribution < -0.4 is 0 Å². The maximum atomic E-state index is 6.15. The van der Waals surface area contributed by atoms with Crippen molar-refractivity contribution in [2.24, 2.45) is 0 Å². The van der Waals surface area contributed by atoms with Gasteiger partial charge in [0, 0.05) is 0 Å². The minimum atomic E-state index is -0.238. The summed E-state index contributed by atoms with van der Waals surface area (Å²) in [6.07, 6.45) is 8.16. The van der Waals surface area contributed by atoms with Gasteiger partial charge in [0.1, 0.15) is 0 Å². The highest BCUT2D eigenvalue weighted by molar-refractivity contribution is 6.29. The van der Waals surface area contributed by atoms with Gasteiger partial charge in [-0.3, -0.25) is 0 Å². The van der Waals surface area contributed by atoms with E-state index >= 15 is 0 Å². The van der Waals surface area contributed by atoms with Crippen molar-refractivity contribution in [1.82, 2.24) is 0 Å². The van der Waals surface area contributed by atoms with E-state index in [0.717, 1.165) is 5.54 Å². The maximum Gasteiger partial charge on any atom is 0.165 e. The Labute approximate surface area is 85.2 Å². The summed E-state index contributed by atoms with van der Waals surface area (Å²) in [5.74, 6) is 0. The average Bonchev–Trinajstić information content (AvgIpc) is 2.67. The summed E-state index contributed by atoms with van der Waals surface area (Å²) in [6, 6.07) is 0. The fraction of sp³-hybridized carbons (Fsp3) is 1.00. The van der Waals surface area contributed by atoms with Crippen LogP contribution in [-0.2, 0) is 4.43 Å². The van der Waals surface area contributed by atoms with E-state index in [2.05, 4.69) is 20.8 Å². The summed E-state index contributed by atoms with van der Waals surface area (Å²) in [6.45, 7) is 6.76. The van der Waals surface area contributed by atoms with Crippen molar-refractivity contribution in [3.63, 3.8) is 0 Å². The Morgan fingerprint density at radius 3 is 2.23 bits per heavy atom. The van der Waals surface area contributed by atoms with Crippen LogP contribution in [0.1, 0.15) is 59.3 Å². The monoisotopic (exact) mass is 200 g/mol. The number of rotatable bonds is 5. The van der Waals surface area contributed by atoms with Gasteiger partial charge in [0.25, 0.3) is 0 Å². The Kier molecular flexibility index (Phi) is 4.46.